The number of rotatable bonds is 2. The van der Waals surface area contributed by atoms with Crippen molar-refractivity contribution in [2.45, 2.75) is 43.9 Å². The molecule has 0 spiro atoms. The molecule has 110 valence electrons. The van der Waals surface area contributed by atoms with Gasteiger partial charge in [-0.2, -0.15) is 4.98 Å². The average Bonchev–Trinajstić information content (AvgIpc) is 2.77. The van der Waals surface area contributed by atoms with Crippen LogP contribution < -0.4 is 10.2 Å². The van der Waals surface area contributed by atoms with Crippen molar-refractivity contribution in [3.05, 3.63) is 24.3 Å². The van der Waals surface area contributed by atoms with E-state index in [0.29, 0.717) is 18.0 Å². The number of aliphatic hydroxyl groups excluding tert-OH is 1. The molecule has 0 radical (unpaired) electrons. The van der Waals surface area contributed by atoms with Gasteiger partial charge in [-0.1, -0.05) is 12.1 Å². The zero-order chi connectivity index (χ0) is 14.4. The molecule has 0 saturated carbocycles. The number of piperidine rings is 1. The number of benzene rings is 1. The molecule has 2 aliphatic heterocycles. The van der Waals surface area contributed by atoms with E-state index in [9.17, 15) is 5.11 Å². The summed E-state index contributed by atoms with van der Waals surface area (Å²) in [6.45, 7) is 0. The highest BCUT2D eigenvalue weighted by molar-refractivity contribution is 5.91. The highest BCUT2D eigenvalue weighted by Gasteiger charge is 2.41. The van der Waals surface area contributed by atoms with E-state index in [2.05, 4.69) is 21.3 Å². The van der Waals surface area contributed by atoms with Crippen molar-refractivity contribution in [1.29, 1.82) is 0 Å². The van der Waals surface area contributed by atoms with Crippen molar-refractivity contribution in [3.8, 4) is 0 Å². The molecule has 2 aliphatic rings. The number of nitrogens with zero attached hydrogens (tertiary/aromatic N) is 3. The second-order valence-electron chi connectivity index (χ2n) is 6.06. The number of nitrogens with one attached hydrogen (secondary N) is 1. The molecule has 2 aromatic rings. The Morgan fingerprint density at radius 3 is 2.57 bits per heavy atom. The summed E-state index contributed by atoms with van der Waals surface area (Å²) in [6, 6.07) is 8.97. The van der Waals surface area contributed by atoms with Gasteiger partial charge in [-0.3, -0.25) is 0 Å². The number of para-hydroxylation sites is 1. The maximum absolute atomic E-state index is 10.00. The third-order valence-electron chi connectivity index (χ3n) is 4.76. The van der Waals surface area contributed by atoms with Gasteiger partial charge in [0, 0.05) is 24.5 Å². The molecule has 5 heteroatoms. The molecule has 4 rings (SSSR count). The molecule has 21 heavy (non-hydrogen) atoms. The lowest BCUT2D eigenvalue weighted by atomic mass is 9.99. The fourth-order valence-electron chi connectivity index (χ4n) is 3.86. The van der Waals surface area contributed by atoms with E-state index >= 15 is 0 Å². The van der Waals surface area contributed by atoms with E-state index in [4.69, 9.17) is 4.98 Å². The Balaban J connectivity index is 1.86. The zero-order valence-electron chi connectivity index (χ0n) is 12.2. The average molecular weight is 284 g/mol. The molecule has 2 unspecified atom stereocenters. The fourth-order valence-corrected chi connectivity index (χ4v) is 3.86. The second kappa shape index (κ2) is 4.84. The van der Waals surface area contributed by atoms with Crippen LogP contribution in [0.25, 0.3) is 10.9 Å². The Hall–Kier alpha value is -1.88. The maximum atomic E-state index is 10.00. The van der Waals surface area contributed by atoms with Crippen LogP contribution in [0.4, 0.5) is 11.8 Å². The molecule has 0 amide bonds. The van der Waals surface area contributed by atoms with Crippen molar-refractivity contribution < 1.29 is 5.11 Å². The van der Waals surface area contributed by atoms with Gasteiger partial charge in [0.1, 0.15) is 5.82 Å². The SMILES string of the molecule is CNc1nc(N2C3CCC2CC(O)C3)c2ccccc2n1. The van der Waals surface area contributed by atoms with Crippen LogP contribution in [0.15, 0.2) is 24.3 Å². The second-order valence-corrected chi connectivity index (χ2v) is 6.06. The minimum Gasteiger partial charge on any atom is -0.393 e. The Morgan fingerprint density at radius 2 is 1.86 bits per heavy atom. The van der Waals surface area contributed by atoms with Crippen LogP contribution in [0.2, 0.25) is 0 Å². The van der Waals surface area contributed by atoms with E-state index in [1.165, 1.54) is 0 Å². The van der Waals surface area contributed by atoms with Crippen molar-refractivity contribution in [2.24, 2.45) is 0 Å². The Bertz CT molecular complexity index is 660. The monoisotopic (exact) mass is 284 g/mol. The highest BCUT2D eigenvalue weighted by Crippen LogP contribution is 2.41. The lowest BCUT2D eigenvalue weighted by Gasteiger charge is -2.38. The molecule has 2 saturated heterocycles. The smallest absolute Gasteiger partial charge is 0.224 e. The van der Waals surface area contributed by atoms with Crippen LogP contribution in [-0.2, 0) is 0 Å². The number of aliphatic hydroxyl groups is 1. The summed E-state index contributed by atoms with van der Waals surface area (Å²) in [7, 11) is 1.85. The molecule has 1 aromatic carbocycles. The first kappa shape index (κ1) is 12.8. The van der Waals surface area contributed by atoms with Gasteiger partial charge >= 0.3 is 0 Å². The predicted octanol–water partition coefficient (Wildman–Crippen LogP) is 2.16. The van der Waals surface area contributed by atoms with E-state index in [1.54, 1.807) is 0 Å². The zero-order valence-corrected chi connectivity index (χ0v) is 12.2. The summed E-state index contributed by atoms with van der Waals surface area (Å²) in [5, 5.41) is 14.2. The van der Waals surface area contributed by atoms with Crippen LogP contribution in [0.3, 0.4) is 0 Å². The number of fused-ring (bicyclic) bond motifs is 3. The van der Waals surface area contributed by atoms with Gasteiger partial charge in [-0.25, -0.2) is 4.98 Å². The molecule has 2 fully saturated rings. The largest absolute Gasteiger partial charge is 0.393 e. The van der Waals surface area contributed by atoms with E-state index < -0.39 is 0 Å². The first-order valence-corrected chi connectivity index (χ1v) is 7.67. The summed E-state index contributed by atoms with van der Waals surface area (Å²) in [4.78, 5) is 11.7. The summed E-state index contributed by atoms with van der Waals surface area (Å²) in [6.07, 6.45) is 3.84. The summed E-state index contributed by atoms with van der Waals surface area (Å²) in [5.41, 5.74) is 0.970. The van der Waals surface area contributed by atoms with Crippen molar-refractivity contribution >= 4 is 22.7 Å². The lowest BCUT2D eigenvalue weighted by Crippen LogP contribution is -2.45. The van der Waals surface area contributed by atoms with Crippen molar-refractivity contribution in [3.63, 3.8) is 0 Å². The quantitative estimate of drug-likeness (QED) is 0.885. The summed E-state index contributed by atoms with van der Waals surface area (Å²) in [5.74, 6) is 1.68. The standard InChI is InChI=1S/C16H20N4O/c1-17-16-18-14-5-3-2-4-13(14)15(19-16)20-10-6-7-11(20)9-12(21)8-10/h2-5,10-12,21H,6-9H2,1H3,(H,17,18,19). The van der Waals surface area contributed by atoms with Gasteiger partial charge < -0.3 is 15.3 Å². The molecule has 3 heterocycles. The van der Waals surface area contributed by atoms with Crippen molar-refractivity contribution in [2.75, 3.05) is 17.3 Å². The Morgan fingerprint density at radius 1 is 1.14 bits per heavy atom. The topological polar surface area (TPSA) is 61.3 Å². The normalized spacial score (nSPS) is 28.1. The number of aromatic nitrogens is 2. The highest BCUT2D eigenvalue weighted by atomic mass is 16.3. The molecular formula is C16H20N4O. The Labute approximate surface area is 124 Å². The summed E-state index contributed by atoms with van der Waals surface area (Å²) < 4.78 is 0. The number of hydrogen-bond acceptors (Lipinski definition) is 5. The van der Waals surface area contributed by atoms with Crippen molar-refractivity contribution in [1.82, 2.24) is 9.97 Å². The van der Waals surface area contributed by atoms with E-state index in [-0.39, 0.29) is 6.10 Å². The van der Waals surface area contributed by atoms with Gasteiger partial charge in [0.25, 0.3) is 0 Å². The first-order valence-electron chi connectivity index (χ1n) is 7.67. The van der Waals surface area contributed by atoms with Gasteiger partial charge in [0.15, 0.2) is 0 Å². The molecule has 5 nitrogen and oxygen atoms in total. The maximum Gasteiger partial charge on any atom is 0.224 e. The third-order valence-corrected chi connectivity index (χ3v) is 4.76. The molecule has 0 aliphatic carbocycles. The molecule has 2 bridgehead atoms. The van der Waals surface area contributed by atoms with Gasteiger partial charge in [-0.05, 0) is 37.8 Å². The number of hydrogen-bond donors (Lipinski definition) is 2. The van der Waals surface area contributed by atoms with Crippen LogP contribution >= 0.6 is 0 Å². The van der Waals surface area contributed by atoms with Gasteiger partial charge in [-0.15, -0.1) is 0 Å². The van der Waals surface area contributed by atoms with E-state index in [1.807, 2.05) is 25.2 Å². The van der Waals surface area contributed by atoms with E-state index in [0.717, 1.165) is 42.4 Å². The van der Waals surface area contributed by atoms with Crippen LogP contribution in [0.1, 0.15) is 25.7 Å². The predicted molar refractivity (Wildman–Crippen MR) is 83.6 cm³/mol. The van der Waals surface area contributed by atoms with Crippen LogP contribution in [-0.4, -0.2) is 40.3 Å². The fraction of sp³-hybridized carbons (Fsp3) is 0.500. The lowest BCUT2D eigenvalue weighted by molar-refractivity contribution is 0.126. The van der Waals surface area contributed by atoms with Crippen LogP contribution in [0, 0.1) is 0 Å². The molecule has 1 aromatic heterocycles. The van der Waals surface area contributed by atoms with Gasteiger partial charge in [0.2, 0.25) is 5.95 Å². The minimum absolute atomic E-state index is 0.157. The third kappa shape index (κ3) is 2.03. The minimum atomic E-state index is -0.157. The summed E-state index contributed by atoms with van der Waals surface area (Å²) >= 11 is 0. The first-order chi connectivity index (χ1) is 10.3. The molecule has 2 atom stereocenters. The van der Waals surface area contributed by atoms with Gasteiger partial charge in [0.05, 0.1) is 11.6 Å². The Kier molecular flexibility index (Phi) is 2.96. The number of anilines is 2. The van der Waals surface area contributed by atoms with Crippen LogP contribution in [0.5, 0.6) is 0 Å². The molecule has 2 N–H and O–H groups in total. The molecular weight excluding hydrogens is 264 g/mol.